The Morgan fingerprint density at radius 1 is 1.35 bits per heavy atom. The highest BCUT2D eigenvalue weighted by Gasteiger charge is 2.37. The number of aliphatic hydroxyl groups excluding tert-OH is 1. The molecule has 0 aromatic heterocycles. The lowest BCUT2D eigenvalue weighted by atomic mass is 10.3. The van der Waals surface area contributed by atoms with Gasteiger partial charge in [0, 0.05) is 11.0 Å². The van der Waals surface area contributed by atoms with E-state index in [2.05, 4.69) is 15.9 Å². The Balaban J connectivity index is 3.22. The predicted molar refractivity (Wildman–Crippen MR) is 70.5 cm³/mol. The van der Waals surface area contributed by atoms with Crippen molar-refractivity contribution in [1.29, 1.82) is 0 Å². The summed E-state index contributed by atoms with van der Waals surface area (Å²) in [5.41, 5.74) is 5.35. The Labute approximate surface area is 122 Å². The zero-order valence-corrected chi connectivity index (χ0v) is 12.5. The van der Waals surface area contributed by atoms with Crippen molar-refractivity contribution in [3.05, 3.63) is 22.7 Å². The van der Waals surface area contributed by atoms with E-state index in [0.29, 0.717) is 4.47 Å². The zero-order valence-electron chi connectivity index (χ0n) is 10.1. The second kappa shape index (κ2) is 6.29. The molecule has 5 nitrogen and oxygen atoms in total. The summed E-state index contributed by atoms with van der Waals surface area (Å²) in [5, 5.41) is 8.74. The van der Waals surface area contributed by atoms with E-state index < -0.39 is 40.8 Å². The quantitative estimate of drug-likeness (QED) is 0.764. The maximum absolute atomic E-state index is 12.4. The second-order valence-electron chi connectivity index (χ2n) is 3.86. The van der Waals surface area contributed by atoms with Crippen LogP contribution in [0.2, 0.25) is 0 Å². The number of hydrogen-bond acceptors (Lipinski definition) is 4. The van der Waals surface area contributed by atoms with Crippen LogP contribution in [0.5, 0.6) is 0 Å². The van der Waals surface area contributed by atoms with E-state index in [0.717, 1.165) is 6.07 Å². The number of benzene rings is 1. The van der Waals surface area contributed by atoms with E-state index in [1.165, 1.54) is 12.1 Å². The number of halogens is 4. The molecular weight excluding hydrogens is 365 g/mol. The van der Waals surface area contributed by atoms with E-state index in [4.69, 9.17) is 10.8 Å². The first kappa shape index (κ1) is 17.2. The van der Waals surface area contributed by atoms with Crippen molar-refractivity contribution in [2.45, 2.75) is 11.1 Å². The summed E-state index contributed by atoms with van der Waals surface area (Å²) in [6.45, 7) is -3.09. The number of rotatable bonds is 5. The van der Waals surface area contributed by atoms with Crippen molar-refractivity contribution in [2.24, 2.45) is 0 Å². The van der Waals surface area contributed by atoms with Gasteiger partial charge in [-0.1, -0.05) is 15.9 Å². The summed E-state index contributed by atoms with van der Waals surface area (Å²) in [5.74, 6) is 0. The van der Waals surface area contributed by atoms with Gasteiger partial charge in [-0.15, -0.1) is 0 Å². The highest BCUT2D eigenvalue weighted by Crippen LogP contribution is 2.27. The van der Waals surface area contributed by atoms with E-state index in [-0.39, 0.29) is 9.99 Å². The smallest absolute Gasteiger partial charge is 0.398 e. The summed E-state index contributed by atoms with van der Waals surface area (Å²) < 4.78 is 62.2. The van der Waals surface area contributed by atoms with Crippen molar-refractivity contribution < 1.29 is 26.7 Å². The number of sulfonamides is 1. The van der Waals surface area contributed by atoms with Crippen molar-refractivity contribution in [3.8, 4) is 0 Å². The number of nitrogens with zero attached hydrogens (tertiary/aromatic N) is 1. The molecule has 0 aliphatic carbocycles. The molecule has 0 saturated carbocycles. The van der Waals surface area contributed by atoms with Gasteiger partial charge in [0.05, 0.1) is 12.3 Å². The van der Waals surface area contributed by atoms with Gasteiger partial charge in [0.15, 0.2) is 0 Å². The fourth-order valence-electron chi connectivity index (χ4n) is 1.49. The van der Waals surface area contributed by atoms with Gasteiger partial charge in [-0.3, -0.25) is 0 Å². The molecule has 20 heavy (non-hydrogen) atoms. The van der Waals surface area contributed by atoms with Crippen molar-refractivity contribution in [1.82, 2.24) is 4.31 Å². The molecule has 10 heteroatoms. The van der Waals surface area contributed by atoms with Gasteiger partial charge in [0.1, 0.15) is 11.4 Å². The topological polar surface area (TPSA) is 83.6 Å². The molecular formula is C10H12BrF3N2O3S. The van der Waals surface area contributed by atoms with Gasteiger partial charge in [0.2, 0.25) is 10.0 Å². The Morgan fingerprint density at radius 3 is 2.40 bits per heavy atom. The van der Waals surface area contributed by atoms with Crippen LogP contribution in [0.4, 0.5) is 18.9 Å². The van der Waals surface area contributed by atoms with Gasteiger partial charge in [-0.2, -0.15) is 17.5 Å². The molecule has 0 unspecified atom stereocenters. The molecule has 0 aliphatic rings. The monoisotopic (exact) mass is 376 g/mol. The van der Waals surface area contributed by atoms with Crippen LogP contribution >= 0.6 is 15.9 Å². The highest BCUT2D eigenvalue weighted by molar-refractivity contribution is 9.10. The molecule has 0 bridgehead atoms. The van der Waals surface area contributed by atoms with Gasteiger partial charge in [-0.05, 0) is 18.2 Å². The SMILES string of the molecule is Nc1cc(Br)ccc1S(=O)(=O)N(CCO)CC(F)(F)F. The molecule has 0 fully saturated rings. The fourth-order valence-corrected chi connectivity index (χ4v) is 3.38. The summed E-state index contributed by atoms with van der Waals surface area (Å²) in [6, 6.07) is 3.74. The van der Waals surface area contributed by atoms with E-state index in [1.54, 1.807) is 0 Å². The summed E-state index contributed by atoms with van der Waals surface area (Å²) in [4.78, 5) is -0.432. The van der Waals surface area contributed by atoms with Gasteiger partial charge in [-0.25, -0.2) is 8.42 Å². The number of nitrogens with two attached hydrogens (primary N) is 1. The molecule has 114 valence electrons. The molecule has 0 amide bonds. The van der Waals surface area contributed by atoms with Crippen molar-refractivity contribution in [3.63, 3.8) is 0 Å². The van der Waals surface area contributed by atoms with E-state index >= 15 is 0 Å². The standard InChI is InChI=1S/C10H12BrF3N2O3S/c11-7-1-2-9(8(15)5-7)20(18,19)16(3-4-17)6-10(12,13)14/h1-2,5,17H,3-4,6,15H2. The van der Waals surface area contributed by atoms with E-state index in [9.17, 15) is 21.6 Å². The first-order chi connectivity index (χ1) is 9.08. The van der Waals surface area contributed by atoms with E-state index in [1.807, 2.05) is 0 Å². The molecule has 3 N–H and O–H groups in total. The Bertz CT molecular complexity index is 578. The van der Waals surface area contributed by atoms with Crippen LogP contribution in [-0.4, -0.2) is 43.7 Å². The molecule has 1 rings (SSSR count). The average molecular weight is 377 g/mol. The number of aliphatic hydroxyl groups is 1. The lowest BCUT2D eigenvalue weighted by molar-refractivity contribution is -0.136. The minimum absolute atomic E-state index is 0.145. The average Bonchev–Trinajstić information content (AvgIpc) is 2.26. The minimum Gasteiger partial charge on any atom is -0.398 e. The molecule has 0 spiro atoms. The van der Waals surface area contributed by atoms with Crippen molar-refractivity contribution >= 4 is 31.6 Å². The third-order valence-corrected chi connectivity index (χ3v) is 4.71. The first-order valence-corrected chi connectivity index (χ1v) is 7.54. The Kier molecular flexibility index (Phi) is 5.41. The molecule has 1 aromatic rings. The van der Waals surface area contributed by atoms with Crippen LogP contribution in [0.3, 0.4) is 0 Å². The van der Waals surface area contributed by atoms with Crippen LogP contribution in [-0.2, 0) is 10.0 Å². The van der Waals surface area contributed by atoms with Crippen LogP contribution in [0.25, 0.3) is 0 Å². The molecule has 0 atom stereocenters. The number of alkyl halides is 3. The normalized spacial score (nSPS) is 12.9. The van der Waals surface area contributed by atoms with Crippen LogP contribution < -0.4 is 5.73 Å². The summed E-state index contributed by atoms with van der Waals surface area (Å²) in [7, 11) is -4.44. The number of hydrogen-bond donors (Lipinski definition) is 2. The number of nitrogen functional groups attached to an aromatic ring is 1. The maximum atomic E-state index is 12.4. The molecule has 0 heterocycles. The first-order valence-electron chi connectivity index (χ1n) is 5.30. The lowest BCUT2D eigenvalue weighted by Crippen LogP contribution is -2.40. The molecule has 0 aliphatic heterocycles. The van der Waals surface area contributed by atoms with Crippen LogP contribution in [0.15, 0.2) is 27.6 Å². The van der Waals surface area contributed by atoms with Crippen molar-refractivity contribution in [2.75, 3.05) is 25.4 Å². The Hall–Kier alpha value is -0.840. The summed E-state index contributed by atoms with van der Waals surface area (Å²) >= 11 is 3.07. The Morgan fingerprint density at radius 2 is 1.95 bits per heavy atom. The largest absolute Gasteiger partial charge is 0.402 e. The maximum Gasteiger partial charge on any atom is 0.402 e. The minimum atomic E-state index is -4.72. The third-order valence-electron chi connectivity index (χ3n) is 2.29. The third kappa shape index (κ3) is 4.33. The predicted octanol–water partition coefficient (Wildman–Crippen LogP) is 1.58. The highest BCUT2D eigenvalue weighted by atomic mass is 79.9. The second-order valence-corrected chi connectivity index (χ2v) is 6.68. The zero-order chi connectivity index (χ0) is 15.6. The molecule has 0 saturated heterocycles. The summed E-state index contributed by atoms with van der Waals surface area (Å²) in [6.07, 6.45) is -4.72. The van der Waals surface area contributed by atoms with Crippen LogP contribution in [0, 0.1) is 0 Å². The van der Waals surface area contributed by atoms with Gasteiger partial charge >= 0.3 is 6.18 Å². The number of anilines is 1. The van der Waals surface area contributed by atoms with Gasteiger partial charge < -0.3 is 10.8 Å². The fraction of sp³-hybridized carbons (Fsp3) is 0.400. The van der Waals surface area contributed by atoms with Gasteiger partial charge in [0.25, 0.3) is 0 Å². The lowest BCUT2D eigenvalue weighted by Gasteiger charge is -2.23. The van der Waals surface area contributed by atoms with Crippen LogP contribution in [0.1, 0.15) is 0 Å². The molecule has 1 aromatic carbocycles. The molecule has 0 radical (unpaired) electrons.